The zero-order valence-electron chi connectivity index (χ0n) is 12.9. The third kappa shape index (κ3) is 4.80. The van der Waals surface area contributed by atoms with Gasteiger partial charge in [-0.25, -0.2) is 0 Å². The molecule has 1 unspecified atom stereocenters. The Balaban J connectivity index is 1.87. The lowest BCUT2D eigenvalue weighted by Gasteiger charge is -2.11. The molecule has 0 saturated carbocycles. The molecule has 2 nitrogen and oxygen atoms in total. The van der Waals surface area contributed by atoms with Gasteiger partial charge < -0.3 is 10.1 Å². The molecule has 0 aromatic heterocycles. The summed E-state index contributed by atoms with van der Waals surface area (Å²) in [7, 11) is 3.69. The van der Waals surface area contributed by atoms with Crippen molar-refractivity contribution in [2.75, 3.05) is 19.9 Å². The molecule has 0 radical (unpaired) electrons. The first kappa shape index (κ1) is 15.9. The van der Waals surface area contributed by atoms with Crippen molar-refractivity contribution in [3.63, 3.8) is 0 Å². The van der Waals surface area contributed by atoms with Crippen LogP contribution in [-0.4, -0.2) is 19.9 Å². The van der Waals surface area contributed by atoms with E-state index in [4.69, 9.17) is 4.74 Å². The first-order valence-corrected chi connectivity index (χ1v) is 8.24. The van der Waals surface area contributed by atoms with Crippen LogP contribution in [0.1, 0.15) is 24.1 Å². The summed E-state index contributed by atoms with van der Waals surface area (Å²) in [6.45, 7) is 2.18. The van der Waals surface area contributed by atoms with Crippen LogP contribution in [-0.2, 0) is 6.42 Å². The number of methoxy groups -OCH3 is 1. The van der Waals surface area contributed by atoms with E-state index in [1.807, 2.05) is 30.9 Å². The van der Waals surface area contributed by atoms with E-state index in [1.165, 1.54) is 16.0 Å². The summed E-state index contributed by atoms with van der Waals surface area (Å²) in [4.78, 5) is 1.34. The highest BCUT2D eigenvalue weighted by Gasteiger charge is 2.03. The van der Waals surface area contributed by atoms with Crippen molar-refractivity contribution in [3.8, 4) is 5.75 Å². The summed E-state index contributed by atoms with van der Waals surface area (Å²) in [6.07, 6.45) is 1.07. The van der Waals surface area contributed by atoms with Crippen LogP contribution in [0.4, 0.5) is 0 Å². The SMILES string of the molecule is CNC(C)c1cccc(SCCc2ccc(OC)cc2)c1. The van der Waals surface area contributed by atoms with E-state index in [2.05, 4.69) is 48.6 Å². The summed E-state index contributed by atoms with van der Waals surface area (Å²) in [5, 5.41) is 3.28. The number of nitrogens with one attached hydrogen (secondary N) is 1. The number of ether oxygens (including phenoxy) is 1. The quantitative estimate of drug-likeness (QED) is 0.770. The van der Waals surface area contributed by atoms with Crippen molar-refractivity contribution in [1.29, 1.82) is 0 Å². The van der Waals surface area contributed by atoms with Crippen LogP contribution in [0, 0.1) is 0 Å². The molecular weight excluding hydrogens is 278 g/mol. The van der Waals surface area contributed by atoms with Crippen LogP contribution in [0.2, 0.25) is 0 Å². The molecule has 1 atom stereocenters. The summed E-state index contributed by atoms with van der Waals surface area (Å²) < 4.78 is 5.18. The fraction of sp³-hybridized carbons (Fsp3) is 0.333. The Labute approximate surface area is 131 Å². The van der Waals surface area contributed by atoms with Crippen molar-refractivity contribution < 1.29 is 4.74 Å². The maximum absolute atomic E-state index is 5.18. The molecule has 0 spiro atoms. The van der Waals surface area contributed by atoms with Crippen molar-refractivity contribution in [1.82, 2.24) is 5.32 Å². The van der Waals surface area contributed by atoms with Gasteiger partial charge in [-0.3, -0.25) is 0 Å². The molecule has 0 aliphatic carbocycles. The highest BCUT2D eigenvalue weighted by molar-refractivity contribution is 7.99. The van der Waals surface area contributed by atoms with Gasteiger partial charge in [-0.05, 0) is 55.8 Å². The summed E-state index contributed by atoms with van der Waals surface area (Å²) >= 11 is 1.91. The third-order valence-corrected chi connectivity index (χ3v) is 4.61. The highest BCUT2D eigenvalue weighted by Crippen LogP contribution is 2.23. The molecule has 0 saturated heterocycles. The van der Waals surface area contributed by atoms with Gasteiger partial charge in [-0.15, -0.1) is 11.8 Å². The smallest absolute Gasteiger partial charge is 0.118 e. The monoisotopic (exact) mass is 301 g/mol. The lowest BCUT2D eigenvalue weighted by Crippen LogP contribution is -2.12. The van der Waals surface area contributed by atoms with E-state index >= 15 is 0 Å². The van der Waals surface area contributed by atoms with Crippen molar-refractivity contribution in [2.45, 2.75) is 24.3 Å². The second kappa shape index (κ2) is 8.11. The van der Waals surface area contributed by atoms with Crippen LogP contribution in [0.3, 0.4) is 0 Å². The predicted octanol–water partition coefficient (Wildman–Crippen LogP) is 4.31. The Hall–Kier alpha value is -1.45. The average Bonchev–Trinajstić information content (AvgIpc) is 2.55. The minimum atomic E-state index is 0.395. The van der Waals surface area contributed by atoms with E-state index in [0.717, 1.165) is 17.9 Å². The Morgan fingerprint density at radius 1 is 1.14 bits per heavy atom. The lowest BCUT2D eigenvalue weighted by molar-refractivity contribution is 0.414. The first-order chi connectivity index (χ1) is 10.2. The molecule has 2 aromatic carbocycles. The summed E-state index contributed by atoms with van der Waals surface area (Å²) in [5.41, 5.74) is 2.69. The van der Waals surface area contributed by atoms with E-state index in [9.17, 15) is 0 Å². The van der Waals surface area contributed by atoms with Gasteiger partial charge in [0.1, 0.15) is 5.75 Å². The normalized spacial score (nSPS) is 12.1. The van der Waals surface area contributed by atoms with Gasteiger partial charge in [0.05, 0.1) is 7.11 Å². The second-order valence-electron chi connectivity index (χ2n) is 5.03. The van der Waals surface area contributed by atoms with Gasteiger partial charge >= 0.3 is 0 Å². The van der Waals surface area contributed by atoms with E-state index in [-0.39, 0.29) is 0 Å². The van der Waals surface area contributed by atoms with Gasteiger partial charge in [-0.1, -0.05) is 24.3 Å². The Kier molecular flexibility index (Phi) is 6.15. The molecule has 0 aliphatic heterocycles. The first-order valence-electron chi connectivity index (χ1n) is 7.26. The molecule has 0 fully saturated rings. The number of aryl methyl sites for hydroxylation is 1. The van der Waals surface area contributed by atoms with Crippen molar-refractivity contribution in [2.24, 2.45) is 0 Å². The van der Waals surface area contributed by atoms with Crippen molar-refractivity contribution in [3.05, 3.63) is 59.7 Å². The molecule has 1 N–H and O–H groups in total. The van der Waals surface area contributed by atoms with Crippen LogP contribution < -0.4 is 10.1 Å². The number of benzene rings is 2. The Bertz CT molecular complexity index is 553. The largest absolute Gasteiger partial charge is 0.497 e. The molecule has 2 rings (SSSR count). The number of thioether (sulfide) groups is 1. The number of hydrogen-bond donors (Lipinski definition) is 1. The molecular formula is C18H23NOS. The van der Waals surface area contributed by atoms with Gasteiger partial charge in [0.2, 0.25) is 0 Å². The van der Waals surface area contributed by atoms with Crippen LogP contribution >= 0.6 is 11.8 Å². The molecule has 0 aliphatic rings. The van der Waals surface area contributed by atoms with Gasteiger partial charge in [-0.2, -0.15) is 0 Å². The fourth-order valence-corrected chi connectivity index (χ4v) is 3.09. The lowest BCUT2D eigenvalue weighted by atomic mass is 10.1. The Morgan fingerprint density at radius 2 is 1.90 bits per heavy atom. The van der Waals surface area contributed by atoms with E-state index in [1.54, 1.807) is 7.11 Å². The van der Waals surface area contributed by atoms with Gasteiger partial charge in [0, 0.05) is 16.7 Å². The number of hydrogen-bond acceptors (Lipinski definition) is 3. The summed E-state index contributed by atoms with van der Waals surface area (Å²) in [5.74, 6) is 2.00. The minimum Gasteiger partial charge on any atom is -0.497 e. The molecule has 2 aromatic rings. The zero-order valence-corrected chi connectivity index (χ0v) is 13.7. The third-order valence-electron chi connectivity index (χ3n) is 3.61. The van der Waals surface area contributed by atoms with Crippen LogP contribution in [0.25, 0.3) is 0 Å². The average molecular weight is 301 g/mol. The molecule has 21 heavy (non-hydrogen) atoms. The van der Waals surface area contributed by atoms with Gasteiger partial charge in [0.25, 0.3) is 0 Å². The standard InChI is InChI=1S/C18H23NOS/c1-14(19-2)16-5-4-6-18(13-16)21-12-11-15-7-9-17(20-3)10-8-15/h4-10,13-14,19H,11-12H2,1-3H3. The van der Waals surface area contributed by atoms with E-state index < -0.39 is 0 Å². The summed E-state index contributed by atoms with van der Waals surface area (Å²) in [6, 6.07) is 17.5. The highest BCUT2D eigenvalue weighted by atomic mass is 32.2. The molecule has 3 heteroatoms. The van der Waals surface area contributed by atoms with E-state index in [0.29, 0.717) is 6.04 Å². The second-order valence-corrected chi connectivity index (χ2v) is 6.20. The Morgan fingerprint density at radius 3 is 2.57 bits per heavy atom. The minimum absolute atomic E-state index is 0.395. The maximum atomic E-state index is 5.18. The number of rotatable bonds is 7. The molecule has 0 bridgehead atoms. The molecule has 0 amide bonds. The predicted molar refractivity (Wildman–Crippen MR) is 91.3 cm³/mol. The topological polar surface area (TPSA) is 21.3 Å². The van der Waals surface area contributed by atoms with Crippen molar-refractivity contribution >= 4 is 11.8 Å². The van der Waals surface area contributed by atoms with Crippen LogP contribution in [0.15, 0.2) is 53.4 Å². The zero-order chi connectivity index (χ0) is 15.1. The molecule has 112 valence electrons. The fourth-order valence-electron chi connectivity index (χ4n) is 2.12. The van der Waals surface area contributed by atoms with Gasteiger partial charge in [0.15, 0.2) is 0 Å². The van der Waals surface area contributed by atoms with Crippen LogP contribution in [0.5, 0.6) is 5.75 Å². The maximum Gasteiger partial charge on any atom is 0.118 e. The molecule has 0 heterocycles.